The van der Waals surface area contributed by atoms with Gasteiger partial charge in [-0.2, -0.15) is 0 Å². The second-order valence-corrected chi connectivity index (χ2v) is 3.89. The van der Waals surface area contributed by atoms with Crippen molar-refractivity contribution in [1.29, 1.82) is 0 Å². The highest BCUT2D eigenvalue weighted by atomic mass is 19.1. The summed E-state index contributed by atoms with van der Waals surface area (Å²) in [5, 5.41) is 6.64. The smallest absolute Gasteiger partial charge is 0.141 e. The van der Waals surface area contributed by atoms with Gasteiger partial charge in [0.25, 0.3) is 0 Å². The van der Waals surface area contributed by atoms with Crippen molar-refractivity contribution in [1.82, 2.24) is 10.3 Å². The number of piperidine rings is 1. The van der Waals surface area contributed by atoms with Crippen LogP contribution in [0.3, 0.4) is 0 Å². The number of anilines is 1. The molecule has 1 aliphatic rings. The van der Waals surface area contributed by atoms with E-state index < -0.39 is 0 Å². The van der Waals surface area contributed by atoms with Crippen LogP contribution in [0.1, 0.15) is 19.3 Å². The molecule has 0 saturated carbocycles. The van der Waals surface area contributed by atoms with Gasteiger partial charge in [0.05, 0.1) is 6.20 Å². The van der Waals surface area contributed by atoms with Crippen molar-refractivity contribution in [2.24, 2.45) is 0 Å². The highest BCUT2D eigenvalue weighted by Gasteiger charge is 2.11. The first-order chi connectivity index (χ1) is 7.34. The first-order valence-electron chi connectivity index (χ1n) is 5.43. The minimum Gasteiger partial charge on any atom is -0.369 e. The monoisotopic (exact) mass is 209 g/mol. The molecule has 1 aliphatic heterocycles. The Kier molecular flexibility index (Phi) is 3.50. The standard InChI is InChI=1S/C11H16FN3/c12-9-4-5-11(14-7-9)15-8-10-3-1-2-6-13-10/h4-5,7,10,13H,1-3,6,8H2,(H,14,15). The average Bonchev–Trinajstić information content (AvgIpc) is 2.30. The molecule has 1 aromatic heterocycles. The Balaban J connectivity index is 1.79. The molecule has 1 aromatic rings. The van der Waals surface area contributed by atoms with Crippen molar-refractivity contribution in [3.05, 3.63) is 24.1 Å². The number of nitrogens with one attached hydrogen (secondary N) is 2. The molecule has 0 amide bonds. The number of pyridine rings is 1. The zero-order valence-corrected chi connectivity index (χ0v) is 8.67. The van der Waals surface area contributed by atoms with Gasteiger partial charge in [-0.25, -0.2) is 9.37 Å². The van der Waals surface area contributed by atoms with Crippen LogP contribution in [0.25, 0.3) is 0 Å². The molecule has 3 nitrogen and oxygen atoms in total. The maximum atomic E-state index is 12.6. The summed E-state index contributed by atoms with van der Waals surface area (Å²) in [6.07, 6.45) is 4.99. The highest BCUT2D eigenvalue weighted by molar-refractivity contribution is 5.33. The van der Waals surface area contributed by atoms with Gasteiger partial charge in [0.1, 0.15) is 11.6 Å². The maximum Gasteiger partial charge on any atom is 0.141 e. The normalized spacial score (nSPS) is 21.3. The Morgan fingerprint density at radius 3 is 3.07 bits per heavy atom. The van der Waals surface area contributed by atoms with Crippen molar-refractivity contribution in [2.45, 2.75) is 25.3 Å². The van der Waals surface area contributed by atoms with Gasteiger partial charge in [0, 0.05) is 12.6 Å². The molecular weight excluding hydrogens is 193 g/mol. The summed E-state index contributed by atoms with van der Waals surface area (Å²) >= 11 is 0. The molecule has 0 aliphatic carbocycles. The van der Waals surface area contributed by atoms with Gasteiger partial charge in [-0.1, -0.05) is 6.42 Å². The van der Waals surface area contributed by atoms with Crippen LogP contribution in [0, 0.1) is 5.82 Å². The van der Waals surface area contributed by atoms with Crippen LogP contribution >= 0.6 is 0 Å². The fourth-order valence-electron chi connectivity index (χ4n) is 1.81. The molecule has 82 valence electrons. The van der Waals surface area contributed by atoms with Gasteiger partial charge in [-0.15, -0.1) is 0 Å². The Hall–Kier alpha value is -1.16. The van der Waals surface area contributed by atoms with E-state index in [9.17, 15) is 4.39 Å². The van der Waals surface area contributed by atoms with Crippen LogP contribution in [0.2, 0.25) is 0 Å². The van der Waals surface area contributed by atoms with Crippen LogP contribution in [0.4, 0.5) is 10.2 Å². The summed E-state index contributed by atoms with van der Waals surface area (Å²) in [6, 6.07) is 3.60. The molecule has 2 rings (SSSR count). The quantitative estimate of drug-likeness (QED) is 0.796. The van der Waals surface area contributed by atoms with E-state index in [4.69, 9.17) is 0 Å². The van der Waals surface area contributed by atoms with Gasteiger partial charge >= 0.3 is 0 Å². The lowest BCUT2D eigenvalue weighted by atomic mass is 10.1. The van der Waals surface area contributed by atoms with E-state index in [0.717, 1.165) is 18.9 Å². The molecule has 4 heteroatoms. The van der Waals surface area contributed by atoms with E-state index in [1.165, 1.54) is 31.5 Å². The van der Waals surface area contributed by atoms with Gasteiger partial charge < -0.3 is 10.6 Å². The van der Waals surface area contributed by atoms with E-state index in [2.05, 4.69) is 15.6 Å². The largest absolute Gasteiger partial charge is 0.369 e. The van der Waals surface area contributed by atoms with Crippen LogP contribution in [-0.4, -0.2) is 24.1 Å². The molecule has 0 aromatic carbocycles. The van der Waals surface area contributed by atoms with Crippen LogP contribution in [-0.2, 0) is 0 Å². The summed E-state index contributed by atoms with van der Waals surface area (Å²) in [5.41, 5.74) is 0. The minimum atomic E-state index is -0.295. The number of nitrogens with zero attached hydrogens (tertiary/aromatic N) is 1. The predicted octanol–water partition coefficient (Wildman–Crippen LogP) is 1.77. The third-order valence-corrected chi connectivity index (χ3v) is 2.67. The molecule has 0 radical (unpaired) electrons. The van der Waals surface area contributed by atoms with E-state index in [0.29, 0.717) is 6.04 Å². The van der Waals surface area contributed by atoms with Gasteiger partial charge in [-0.3, -0.25) is 0 Å². The van der Waals surface area contributed by atoms with Crippen molar-refractivity contribution in [3.63, 3.8) is 0 Å². The van der Waals surface area contributed by atoms with Crippen LogP contribution < -0.4 is 10.6 Å². The Bertz CT molecular complexity index is 293. The third-order valence-electron chi connectivity index (χ3n) is 2.67. The molecule has 0 bridgehead atoms. The lowest BCUT2D eigenvalue weighted by Gasteiger charge is -2.23. The fraction of sp³-hybridized carbons (Fsp3) is 0.545. The zero-order chi connectivity index (χ0) is 10.5. The summed E-state index contributed by atoms with van der Waals surface area (Å²) in [6.45, 7) is 1.96. The summed E-state index contributed by atoms with van der Waals surface area (Å²) in [4.78, 5) is 3.95. The Morgan fingerprint density at radius 2 is 2.40 bits per heavy atom. The Labute approximate surface area is 89.1 Å². The molecule has 1 fully saturated rings. The number of rotatable bonds is 3. The first kappa shape index (κ1) is 10.4. The van der Waals surface area contributed by atoms with E-state index in [1.54, 1.807) is 6.07 Å². The molecule has 1 atom stereocenters. The van der Waals surface area contributed by atoms with Crippen molar-refractivity contribution >= 4 is 5.82 Å². The summed E-state index contributed by atoms with van der Waals surface area (Å²) in [7, 11) is 0. The topological polar surface area (TPSA) is 37.0 Å². The number of hydrogen-bond donors (Lipinski definition) is 2. The maximum absolute atomic E-state index is 12.6. The molecule has 0 spiro atoms. The number of halogens is 1. The lowest BCUT2D eigenvalue weighted by molar-refractivity contribution is 0.414. The van der Waals surface area contributed by atoms with E-state index >= 15 is 0 Å². The second kappa shape index (κ2) is 5.07. The van der Waals surface area contributed by atoms with Gasteiger partial charge in [-0.05, 0) is 31.5 Å². The van der Waals surface area contributed by atoms with Crippen LogP contribution in [0.5, 0.6) is 0 Å². The first-order valence-corrected chi connectivity index (χ1v) is 5.43. The summed E-state index contributed by atoms with van der Waals surface area (Å²) < 4.78 is 12.6. The van der Waals surface area contributed by atoms with Gasteiger partial charge in [0.2, 0.25) is 0 Å². The summed E-state index contributed by atoms with van der Waals surface area (Å²) in [5.74, 6) is 0.445. The van der Waals surface area contributed by atoms with Crippen molar-refractivity contribution in [3.8, 4) is 0 Å². The molecule has 2 N–H and O–H groups in total. The average molecular weight is 209 g/mol. The second-order valence-electron chi connectivity index (χ2n) is 3.89. The number of aromatic nitrogens is 1. The van der Waals surface area contributed by atoms with Crippen molar-refractivity contribution < 1.29 is 4.39 Å². The molecule has 2 heterocycles. The molecular formula is C11H16FN3. The zero-order valence-electron chi connectivity index (χ0n) is 8.67. The third kappa shape index (κ3) is 3.16. The molecule has 1 unspecified atom stereocenters. The van der Waals surface area contributed by atoms with Crippen molar-refractivity contribution in [2.75, 3.05) is 18.4 Å². The van der Waals surface area contributed by atoms with E-state index in [-0.39, 0.29) is 5.82 Å². The van der Waals surface area contributed by atoms with Gasteiger partial charge in [0.15, 0.2) is 0 Å². The molecule has 15 heavy (non-hydrogen) atoms. The predicted molar refractivity (Wildman–Crippen MR) is 58.3 cm³/mol. The SMILES string of the molecule is Fc1ccc(NCC2CCCCN2)nc1. The minimum absolute atomic E-state index is 0.295. The van der Waals surface area contributed by atoms with Crippen LogP contribution in [0.15, 0.2) is 18.3 Å². The lowest BCUT2D eigenvalue weighted by Crippen LogP contribution is -2.39. The number of hydrogen-bond acceptors (Lipinski definition) is 3. The molecule has 1 saturated heterocycles. The van der Waals surface area contributed by atoms with E-state index in [1.807, 2.05) is 0 Å². The highest BCUT2D eigenvalue weighted by Crippen LogP contribution is 2.08. The Morgan fingerprint density at radius 1 is 1.47 bits per heavy atom. The fourth-order valence-corrected chi connectivity index (χ4v) is 1.81.